The highest BCUT2D eigenvalue weighted by Crippen LogP contribution is 2.20. The van der Waals surface area contributed by atoms with Crippen LogP contribution in [0, 0.1) is 5.82 Å². The summed E-state index contributed by atoms with van der Waals surface area (Å²) in [5.74, 6) is -1.07. The molecule has 1 aromatic rings. The van der Waals surface area contributed by atoms with Gasteiger partial charge in [0.15, 0.2) is 0 Å². The molecule has 2 rings (SSSR count). The number of carbonyl (C=O) groups is 1. The Morgan fingerprint density at radius 2 is 2.10 bits per heavy atom. The Balaban J connectivity index is 1.67. The molecule has 1 fully saturated rings. The van der Waals surface area contributed by atoms with Gasteiger partial charge in [-0.3, -0.25) is 4.79 Å². The standard InChI is InChI=1S/C16H21ClFNO2/c17-13-8-4-9-14(18)15(13)16(20)19-10-5-11-21-12-6-2-1-3-7-12/h4,8-9,12H,1-3,5-7,10-11H2,(H,19,20). The summed E-state index contributed by atoms with van der Waals surface area (Å²) in [6.45, 7) is 1.08. The van der Waals surface area contributed by atoms with Crippen LogP contribution in [0.3, 0.4) is 0 Å². The van der Waals surface area contributed by atoms with Crippen molar-refractivity contribution in [3.8, 4) is 0 Å². The van der Waals surface area contributed by atoms with E-state index >= 15 is 0 Å². The number of ether oxygens (including phenoxy) is 1. The maximum Gasteiger partial charge on any atom is 0.255 e. The van der Waals surface area contributed by atoms with E-state index in [1.807, 2.05) is 0 Å². The zero-order valence-corrected chi connectivity index (χ0v) is 12.8. The van der Waals surface area contributed by atoms with Crippen molar-refractivity contribution in [2.75, 3.05) is 13.2 Å². The summed E-state index contributed by atoms with van der Waals surface area (Å²) in [5, 5.41) is 2.81. The van der Waals surface area contributed by atoms with Gasteiger partial charge in [-0.2, -0.15) is 0 Å². The van der Waals surface area contributed by atoms with E-state index in [1.54, 1.807) is 0 Å². The van der Waals surface area contributed by atoms with Crippen molar-refractivity contribution in [1.82, 2.24) is 5.32 Å². The molecular formula is C16H21ClFNO2. The second-order valence-electron chi connectivity index (χ2n) is 5.34. The van der Waals surface area contributed by atoms with Crippen molar-refractivity contribution in [1.29, 1.82) is 0 Å². The van der Waals surface area contributed by atoms with Gasteiger partial charge in [0, 0.05) is 13.2 Å². The second-order valence-corrected chi connectivity index (χ2v) is 5.74. The van der Waals surface area contributed by atoms with Crippen LogP contribution in [0.5, 0.6) is 0 Å². The molecule has 0 aromatic heterocycles. The summed E-state index contributed by atoms with van der Waals surface area (Å²) in [4.78, 5) is 11.9. The molecule has 0 radical (unpaired) electrons. The molecule has 0 unspecified atom stereocenters. The summed E-state index contributed by atoms with van der Waals surface area (Å²) < 4.78 is 19.3. The maximum atomic E-state index is 13.5. The molecule has 1 aliphatic carbocycles. The van der Waals surface area contributed by atoms with Gasteiger partial charge in [0.2, 0.25) is 0 Å². The van der Waals surface area contributed by atoms with Crippen molar-refractivity contribution < 1.29 is 13.9 Å². The molecule has 1 saturated carbocycles. The van der Waals surface area contributed by atoms with Crippen molar-refractivity contribution in [2.45, 2.75) is 44.6 Å². The van der Waals surface area contributed by atoms with E-state index in [1.165, 1.54) is 37.5 Å². The molecule has 0 bridgehead atoms. The summed E-state index contributed by atoms with van der Waals surface area (Å²) in [7, 11) is 0. The van der Waals surface area contributed by atoms with Crippen molar-refractivity contribution in [3.63, 3.8) is 0 Å². The van der Waals surface area contributed by atoms with Gasteiger partial charge < -0.3 is 10.1 Å². The minimum absolute atomic E-state index is 0.0904. The zero-order valence-electron chi connectivity index (χ0n) is 12.0. The van der Waals surface area contributed by atoms with E-state index in [0.717, 1.165) is 12.8 Å². The fraction of sp³-hybridized carbons (Fsp3) is 0.562. The van der Waals surface area contributed by atoms with E-state index in [4.69, 9.17) is 16.3 Å². The van der Waals surface area contributed by atoms with Crippen LogP contribution >= 0.6 is 11.6 Å². The van der Waals surface area contributed by atoms with Gasteiger partial charge in [0.1, 0.15) is 5.82 Å². The predicted octanol–water partition coefficient (Wildman–Crippen LogP) is 3.95. The molecule has 0 aliphatic heterocycles. The highest BCUT2D eigenvalue weighted by molar-refractivity contribution is 6.33. The van der Waals surface area contributed by atoms with E-state index in [-0.39, 0.29) is 10.6 Å². The molecule has 0 heterocycles. The van der Waals surface area contributed by atoms with Crippen LogP contribution in [-0.4, -0.2) is 25.2 Å². The second kappa shape index (κ2) is 8.35. The third-order valence-electron chi connectivity index (χ3n) is 3.70. The molecule has 116 valence electrons. The lowest BCUT2D eigenvalue weighted by Gasteiger charge is -2.21. The first kappa shape index (κ1) is 16.2. The highest BCUT2D eigenvalue weighted by atomic mass is 35.5. The number of nitrogens with one attached hydrogen (secondary N) is 1. The number of halogens is 2. The Morgan fingerprint density at radius 1 is 1.33 bits per heavy atom. The summed E-state index contributed by atoms with van der Waals surface area (Å²) in [6.07, 6.45) is 7.15. The predicted molar refractivity (Wildman–Crippen MR) is 81.2 cm³/mol. The number of hydrogen-bond donors (Lipinski definition) is 1. The first-order valence-corrected chi connectivity index (χ1v) is 7.90. The Morgan fingerprint density at radius 3 is 2.81 bits per heavy atom. The molecule has 21 heavy (non-hydrogen) atoms. The SMILES string of the molecule is O=C(NCCCOC1CCCCC1)c1c(F)cccc1Cl. The van der Waals surface area contributed by atoms with E-state index < -0.39 is 11.7 Å². The first-order chi connectivity index (χ1) is 10.2. The van der Waals surface area contributed by atoms with Crippen LogP contribution in [0.1, 0.15) is 48.9 Å². The van der Waals surface area contributed by atoms with Gasteiger partial charge >= 0.3 is 0 Å². The molecule has 3 nitrogen and oxygen atoms in total. The van der Waals surface area contributed by atoms with Crippen molar-refractivity contribution in [3.05, 3.63) is 34.6 Å². The monoisotopic (exact) mass is 313 g/mol. The minimum Gasteiger partial charge on any atom is -0.378 e. The minimum atomic E-state index is -0.599. The van der Waals surface area contributed by atoms with Gasteiger partial charge in [-0.25, -0.2) is 4.39 Å². The smallest absolute Gasteiger partial charge is 0.255 e. The third kappa shape index (κ3) is 4.97. The van der Waals surface area contributed by atoms with E-state index in [2.05, 4.69) is 5.32 Å². The largest absolute Gasteiger partial charge is 0.378 e. The van der Waals surface area contributed by atoms with Gasteiger partial charge in [0.25, 0.3) is 5.91 Å². The average molecular weight is 314 g/mol. The molecule has 1 aromatic carbocycles. The van der Waals surface area contributed by atoms with Crippen LogP contribution < -0.4 is 5.32 Å². The van der Waals surface area contributed by atoms with Crippen molar-refractivity contribution in [2.24, 2.45) is 0 Å². The maximum absolute atomic E-state index is 13.5. The van der Waals surface area contributed by atoms with E-state index in [9.17, 15) is 9.18 Å². The zero-order chi connectivity index (χ0) is 15.1. The van der Waals surface area contributed by atoms with Crippen LogP contribution in [0.2, 0.25) is 5.02 Å². The Bertz CT molecular complexity index is 455. The molecule has 1 aliphatic rings. The summed E-state index contributed by atoms with van der Waals surface area (Å²) >= 11 is 5.84. The molecule has 0 saturated heterocycles. The molecule has 1 N–H and O–H groups in total. The molecule has 0 atom stereocenters. The molecule has 5 heteroatoms. The number of amides is 1. The summed E-state index contributed by atoms with van der Waals surface area (Å²) in [5.41, 5.74) is -0.0904. The lowest BCUT2D eigenvalue weighted by atomic mass is 9.98. The average Bonchev–Trinajstić information content (AvgIpc) is 2.48. The molecule has 1 amide bonds. The van der Waals surface area contributed by atoms with Crippen LogP contribution in [0.25, 0.3) is 0 Å². The van der Waals surface area contributed by atoms with Gasteiger partial charge in [-0.15, -0.1) is 0 Å². The lowest BCUT2D eigenvalue weighted by molar-refractivity contribution is 0.0273. The fourth-order valence-corrected chi connectivity index (χ4v) is 2.81. The number of hydrogen-bond acceptors (Lipinski definition) is 2. The first-order valence-electron chi connectivity index (χ1n) is 7.52. The van der Waals surface area contributed by atoms with Crippen LogP contribution in [0.4, 0.5) is 4.39 Å². The normalized spacial score (nSPS) is 15.9. The topological polar surface area (TPSA) is 38.3 Å². The number of benzene rings is 1. The molecular weight excluding hydrogens is 293 g/mol. The van der Waals surface area contributed by atoms with Gasteiger partial charge in [-0.05, 0) is 31.4 Å². The van der Waals surface area contributed by atoms with E-state index in [0.29, 0.717) is 25.7 Å². The number of rotatable bonds is 6. The fourth-order valence-electron chi connectivity index (χ4n) is 2.56. The Hall–Kier alpha value is -1.13. The Kier molecular flexibility index (Phi) is 6.46. The number of carbonyl (C=O) groups excluding carboxylic acids is 1. The van der Waals surface area contributed by atoms with Gasteiger partial charge in [-0.1, -0.05) is 36.9 Å². The third-order valence-corrected chi connectivity index (χ3v) is 4.02. The lowest BCUT2D eigenvalue weighted by Crippen LogP contribution is -2.27. The van der Waals surface area contributed by atoms with Crippen LogP contribution in [-0.2, 0) is 4.74 Å². The quantitative estimate of drug-likeness (QED) is 0.808. The van der Waals surface area contributed by atoms with Crippen LogP contribution in [0.15, 0.2) is 18.2 Å². The molecule has 0 spiro atoms. The van der Waals surface area contributed by atoms with Gasteiger partial charge in [0.05, 0.1) is 16.7 Å². The highest BCUT2D eigenvalue weighted by Gasteiger charge is 2.15. The van der Waals surface area contributed by atoms with Crippen molar-refractivity contribution >= 4 is 17.5 Å². The summed E-state index contributed by atoms with van der Waals surface area (Å²) in [6, 6.07) is 4.21. The Labute approximate surface area is 129 Å².